The van der Waals surface area contributed by atoms with Gasteiger partial charge in [0.2, 0.25) is 5.13 Å². The maximum atomic E-state index is 12.2. The Morgan fingerprint density at radius 1 is 1.00 bits per heavy atom. The highest BCUT2D eigenvalue weighted by Gasteiger charge is 2.23. The van der Waals surface area contributed by atoms with E-state index in [9.17, 15) is 4.79 Å². The molecule has 5 nitrogen and oxygen atoms in total. The first-order valence-electron chi connectivity index (χ1n) is 10.3. The molecule has 0 atom stereocenters. The highest BCUT2D eigenvalue weighted by atomic mass is 35.5. The molecule has 0 spiro atoms. The number of halogens is 4. The van der Waals surface area contributed by atoms with E-state index in [-0.39, 0.29) is 0 Å². The molecule has 0 fully saturated rings. The highest BCUT2D eigenvalue weighted by molar-refractivity contribution is 8.01. The Morgan fingerprint density at radius 2 is 1.66 bits per heavy atom. The maximum absolute atomic E-state index is 12.2. The highest BCUT2D eigenvalue weighted by Crippen LogP contribution is 2.42. The van der Waals surface area contributed by atoms with Gasteiger partial charge in [0.15, 0.2) is 6.29 Å². The number of hydrogen-bond acceptors (Lipinski definition) is 6. The largest absolute Gasteiger partial charge is 0.400 e. The van der Waals surface area contributed by atoms with Crippen molar-refractivity contribution in [2.24, 2.45) is 0 Å². The number of hydrogen-bond donors (Lipinski definition) is 1. The van der Waals surface area contributed by atoms with Crippen molar-refractivity contribution in [3.05, 3.63) is 67.9 Å². The molecule has 0 aliphatic rings. The van der Waals surface area contributed by atoms with Crippen LogP contribution in [0.15, 0.2) is 40.6 Å². The zero-order chi connectivity index (χ0) is 25.9. The molecule has 4 aromatic rings. The Kier molecular flexibility index (Phi) is 9.68. The number of aromatic nitrogens is 3. The normalized spacial score (nSPS) is 10.9. The number of nitrogens with zero attached hydrogens (tertiary/aromatic N) is 3. The number of carbonyl (C=O) groups is 1. The van der Waals surface area contributed by atoms with Crippen molar-refractivity contribution in [1.29, 1.82) is 0 Å². The van der Waals surface area contributed by atoms with E-state index in [1.165, 1.54) is 11.3 Å². The number of thiazole rings is 1. The summed E-state index contributed by atoms with van der Waals surface area (Å²) in [4.78, 5) is 17.1. The number of aryl methyl sites for hydroxylation is 1. The standard InChI is InChI=1S/C23H17Cl4N3OS2.CH4O/c1-11(2)32-22-21(13-4-5-17(26)18(27)8-13)28-23(33-22)30-19(10-31)20(12(3)29-30)14-6-15(24)9-16(25)7-14;1-2/h4-11H,1-3H3;2H,1H3. The number of aliphatic hydroxyl groups is 1. The molecule has 2 aromatic carbocycles. The van der Waals surface area contributed by atoms with Crippen molar-refractivity contribution < 1.29 is 9.90 Å². The van der Waals surface area contributed by atoms with E-state index in [1.807, 2.05) is 13.0 Å². The van der Waals surface area contributed by atoms with Crippen LogP contribution in [0.2, 0.25) is 20.1 Å². The third kappa shape index (κ3) is 6.23. The molecule has 0 aliphatic heterocycles. The summed E-state index contributed by atoms with van der Waals surface area (Å²) in [6.07, 6.45) is 0.777. The topological polar surface area (TPSA) is 68.0 Å². The molecule has 2 heterocycles. The molecule has 0 amide bonds. The van der Waals surface area contributed by atoms with Crippen LogP contribution in [0.4, 0.5) is 0 Å². The van der Waals surface area contributed by atoms with E-state index in [0.29, 0.717) is 47.4 Å². The fraction of sp³-hybridized carbons (Fsp3) is 0.208. The minimum absolute atomic E-state index is 0.328. The van der Waals surface area contributed by atoms with E-state index in [1.54, 1.807) is 46.8 Å². The van der Waals surface area contributed by atoms with Gasteiger partial charge >= 0.3 is 0 Å². The average Bonchev–Trinajstić information content (AvgIpc) is 3.36. The van der Waals surface area contributed by atoms with Crippen LogP contribution in [-0.4, -0.2) is 38.5 Å². The lowest BCUT2D eigenvalue weighted by Crippen LogP contribution is -2.01. The van der Waals surface area contributed by atoms with E-state index < -0.39 is 0 Å². The van der Waals surface area contributed by atoms with Crippen LogP contribution in [-0.2, 0) is 0 Å². The Balaban J connectivity index is 0.00000167. The molecule has 0 bridgehead atoms. The zero-order valence-electron chi connectivity index (χ0n) is 19.1. The summed E-state index contributed by atoms with van der Waals surface area (Å²) in [5.41, 5.74) is 4.04. The van der Waals surface area contributed by atoms with E-state index in [4.69, 9.17) is 56.5 Å². The van der Waals surface area contributed by atoms with Gasteiger partial charge in [-0.25, -0.2) is 9.67 Å². The van der Waals surface area contributed by atoms with Crippen LogP contribution in [0.1, 0.15) is 30.0 Å². The maximum Gasteiger partial charge on any atom is 0.212 e. The first-order chi connectivity index (χ1) is 16.7. The first-order valence-corrected chi connectivity index (χ1v) is 13.5. The van der Waals surface area contributed by atoms with Crippen molar-refractivity contribution in [2.45, 2.75) is 30.2 Å². The second-order valence-electron chi connectivity index (χ2n) is 7.46. The molecule has 0 radical (unpaired) electrons. The van der Waals surface area contributed by atoms with Gasteiger partial charge in [-0.15, -0.1) is 11.8 Å². The van der Waals surface area contributed by atoms with E-state index >= 15 is 0 Å². The number of aliphatic hydroxyl groups excluding tert-OH is 1. The van der Waals surface area contributed by atoms with Crippen LogP contribution in [0.25, 0.3) is 27.5 Å². The van der Waals surface area contributed by atoms with Crippen molar-refractivity contribution in [1.82, 2.24) is 14.8 Å². The Hall–Kier alpha value is -1.58. The third-order valence-corrected chi connectivity index (χ3v) is 8.08. The predicted molar refractivity (Wildman–Crippen MR) is 149 cm³/mol. The monoisotopic (exact) mass is 587 g/mol. The van der Waals surface area contributed by atoms with Gasteiger partial charge in [0.05, 0.1) is 25.6 Å². The van der Waals surface area contributed by atoms with Crippen LogP contribution < -0.4 is 0 Å². The summed E-state index contributed by atoms with van der Waals surface area (Å²) in [5.74, 6) is 0. The molecule has 1 N–H and O–H groups in total. The molecule has 2 aromatic heterocycles. The van der Waals surface area contributed by atoms with E-state index in [2.05, 4.69) is 18.9 Å². The summed E-state index contributed by atoms with van der Waals surface area (Å²) in [5, 5.41) is 14.4. The van der Waals surface area contributed by atoms with Gasteiger partial charge in [-0.3, -0.25) is 4.79 Å². The van der Waals surface area contributed by atoms with E-state index in [0.717, 1.165) is 34.4 Å². The van der Waals surface area contributed by atoms with Gasteiger partial charge in [0.25, 0.3) is 0 Å². The molecule has 184 valence electrons. The summed E-state index contributed by atoms with van der Waals surface area (Å²) in [6.45, 7) is 6.06. The number of rotatable bonds is 6. The minimum Gasteiger partial charge on any atom is -0.400 e. The summed E-state index contributed by atoms with van der Waals surface area (Å²) in [7, 11) is 1.00. The minimum atomic E-state index is 0.328. The number of benzene rings is 2. The molecule has 0 unspecified atom stereocenters. The predicted octanol–water partition coefficient (Wildman–Crippen LogP) is 8.51. The summed E-state index contributed by atoms with van der Waals surface area (Å²) >= 11 is 27.9. The fourth-order valence-electron chi connectivity index (χ4n) is 3.36. The first kappa shape index (κ1) is 28.0. The lowest BCUT2D eigenvalue weighted by atomic mass is 10.0. The zero-order valence-corrected chi connectivity index (χ0v) is 23.8. The van der Waals surface area contributed by atoms with Crippen molar-refractivity contribution >= 4 is 75.8 Å². The van der Waals surface area contributed by atoms with Crippen molar-refractivity contribution in [2.75, 3.05) is 7.11 Å². The van der Waals surface area contributed by atoms with Crippen LogP contribution in [0.3, 0.4) is 0 Å². The van der Waals surface area contributed by atoms with Crippen molar-refractivity contribution in [3.8, 4) is 27.5 Å². The molecule has 4 rings (SSSR count). The van der Waals surface area contributed by atoms with Gasteiger partial charge in [0.1, 0.15) is 5.69 Å². The molecular formula is C24H21Cl4N3O2S2. The van der Waals surface area contributed by atoms with Crippen LogP contribution >= 0.6 is 69.5 Å². The molecule has 0 aliphatic carbocycles. The van der Waals surface area contributed by atoms with Crippen molar-refractivity contribution in [3.63, 3.8) is 0 Å². The van der Waals surface area contributed by atoms with Gasteiger partial charge in [-0.1, -0.05) is 77.7 Å². The Morgan fingerprint density at radius 3 is 2.23 bits per heavy atom. The molecular weight excluding hydrogens is 568 g/mol. The second-order valence-corrected chi connectivity index (χ2v) is 12.0. The SMILES string of the molecule is CO.Cc1nn(-c2nc(-c3ccc(Cl)c(Cl)c3)c(SC(C)C)s2)c(C=O)c1-c1cc(Cl)cc(Cl)c1. The van der Waals surface area contributed by atoms with Crippen LogP contribution in [0, 0.1) is 6.92 Å². The molecule has 35 heavy (non-hydrogen) atoms. The number of carbonyl (C=O) groups excluding carboxylic acids is 1. The summed E-state index contributed by atoms with van der Waals surface area (Å²) < 4.78 is 2.57. The van der Waals surface area contributed by atoms with Gasteiger partial charge in [-0.2, -0.15) is 5.10 Å². The lowest BCUT2D eigenvalue weighted by Gasteiger charge is -2.05. The molecule has 0 saturated carbocycles. The molecule has 11 heteroatoms. The van der Waals surface area contributed by atoms with Crippen LogP contribution in [0.5, 0.6) is 0 Å². The third-order valence-electron chi connectivity index (χ3n) is 4.66. The lowest BCUT2D eigenvalue weighted by molar-refractivity contribution is 0.111. The number of thioether (sulfide) groups is 1. The Labute approximate surface area is 232 Å². The fourth-order valence-corrected chi connectivity index (χ4v) is 6.67. The van der Waals surface area contributed by atoms with Gasteiger partial charge in [0, 0.05) is 33.5 Å². The smallest absolute Gasteiger partial charge is 0.212 e. The van der Waals surface area contributed by atoms with Gasteiger partial charge in [-0.05, 0) is 42.8 Å². The quantitative estimate of drug-likeness (QED) is 0.180. The Bertz CT molecular complexity index is 1350. The second kappa shape index (κ2) is 12.1. The number of aldehydes is 1. The van der Waals surface area contributed by atoms with Gasteiger partial charge < -0.3 is 5.11 Å². The average molecular weight is 589 g/mol. The molecule has 0 saturated heterocycles. The summed E-state index contributed by atoms with van der Waals surface area (Å²) in [6, 6.07) is 10.6.